The Labute approximate surface area is 150 Å². The molecule has 0 saturated carbocycles. The Hall–Kier alpha value is -2.20. The molecule has 134 valence electrons. The predicted molar refractivity (Wildman–Crippen MR) is 95.4 cm³/mol. The normalized spacial score (nSPS) is 20.6. The summed E-state index contributed by atoms with van der Waals surface area (Å²) < 4.78 is 5.89. The minimum Gasteiger partial charge on any atom is -0.367 e. The number of rotatable bonds is 3. The van der Waals surface area contributed by atoms with E-state index in [1.165, 1.54) is 11.5 Å². The molecule has 3 N–H and O–H groups in total. The highest BCUT2D eigenvalue weighted by molar-refractivity contribution is 7.09. The van der Waals surface area contributed by atoms with Gasteiger partial charge in [-0.1, -0.05) is 0 Å². The van der Waals surface area contributed by atoms with E-state index in [1.807, 2.05) is 21.8 Å². The van der Waals surface area contributed by atoms with Crippen LogP contribution in [0.4, 0.5) is 11.1 Å². The number of nitrogens with two attached hydrogens (primary N) is 1. The molecule has 25 heavy (non-hydrogen) atoms. The molecule has 0 spiro atoms. The van der Waals surface area contributed by atoms with E-state index < -0.39 is 5.54 Å². The fraction of sp³-hybridized carbons (Fsp3) is 0.600. The van der Waals surface area contributed by atoms with Gasteiger partial charge in [-0.15, -0.1) is 0 Å². The van der Waals surface area contributed by atoms with Crippen LogP contribution in [0.3, 0.4) is 0 Å². The van der Waals surface area contributed by atoms with Crippen LogP contribution >= 0.6 is 11.5 Å². The van der Waals surface area contributed by atoms with E-state index in [1.54, 1.807) is 6.20 Å². The number of carbonyl (C=O) groups excluding carboxylic acids is 1. The molecule has 0 atom stereocenters. The van der Waals surface area contributed by atoms with Gasteiger partial charge in [0.1, 0.15) is 5.54 Å². The number of nitrogen functional groups attached to an aromatic ring is 1. The van der Waals surface area contributed by atoms with Gasteiger partial charge in [0.25, 0.3) is 5.91 Å². The summed E-state index contributed by atoms with van der Waals surface area (Å²) in [6, 6.07) is 1.88. The van der Waals surface area contributed by atoms with Gasteiger partial charge in [0.05, 0.1) is 0 Å². The highest BCUT2D eigenvalue weighted by Crippen LogP contribution is 2.30. The first kappa shape index (κ1) is 16.3. The molecule has 0 aliphatic carbocycles. The molecule has 2 aromatic rings. The maximum atomic E-state index is 13.4. The van der Waals surface area contributed by atoms with E-state index in [0.717, 1.165) is 44.2 Å². The van der Waals surface area contributed by atoms with Crippen molar-refractivity contribution < 1.29 is 4.79 Å². The van der Waals surface area contributed by atoms with E-state index in [4.69, 9.17) is 5.73 Å². The Bertz CT molecular complexity index is 716. The number of carbonyl (C=O) groups is 1. The van der Waals surface area contributed by atoms with Crippen molar-refractivity contribution in [3.8, 4) is 0 Å². The number of nitrogens with one attached hydrogen (secondary N) is 1. The Morgan fingerprint density at radius 2 is 2.00 bits per heavy atom. The summed E-state index contributed by atoms with van der Waals surface area (Å²) in [4.78, 5) is 21.7. The number of aromatic nitrogens is 4. The number of hydrogen-bond acceptors (Lipinski definition) is 8. The zero-order chi connectivity index (χ0) is 17.3. The summed E-state index contributed by atoms with van der Waals surface area (Å²) in [5.74, 6) is 0.486. The molecule has 2 fully saturated rings. The Morgan fingerprint density at radius 1 is 1.24 bits per heavy atom. The molecule has 9 nitrogen and oxygen atoms in total. The second-order valence-electron chi connectivity index (χ2n) is 6.45. The Morgan fingerprint density at radius 3 is 2.60 bits per heavy atom. The van der Waals surface area contributed by atoms with E-state index in [-0.39, 0.29) is 5.91 Å². The molecular weight excluding hydrogens is 340 g/mol. The van der Waals surface area contributed by atoms with Crippen LogP contribution in [0, 0.1) is 0 Å². The molecule has 2 aromatic heterocycles. The summed E-state index contributed by atoms with van der Waals surface area (Å²) >= 11 is 1.31. The average molecular weight is 362 g/mol. The molecule has 10 heteroatoms. The average Bonchev–Trinajstić information content (AvgIpc) is 3.34. The van der Waals surface area contributed by atoms with Crippen LogP contribution in [0.1, 0.15) is 12.8 Å². The zero-order valence-electron chi connectivity index (χ0n) is 14.0. The summed E-state index contributed by atoms with van der Waals surface area (Å²) in [5, 5.41) is 8.57. The van der Waals surface area contributed by atoms with Gasteiger partial charge in [-0.05, 0) is 32.0 Å². The van der Waals surface area contributed by atoms with Crippen LogP contribution in [-0.2, 0) is 10.3 Å². The third-order valence-corrected chi connectivity index (χ3v) is 5.83. The molecule has 4 rings (SSSR count). The van der Waals surface area contributed by atoms with Gasteiger partial charge >= 0.3 is 0 Å². The van der Waals surface area contributed by atoms with Gasteiger partial charge in [-0.2, -0.15) is 14.5 Å². The molecular formula is C15H22N8OS. The molecule has 0 radical (unpaired) electrons. The molecule has 2 aliphatic rings. The molecule has 2 saturated heterocycles. The fourth-order valence-electron chi connectivity index (χ4n) is 3.65. The smallest absolute Gasteiger partial charge is 0.250 e. The second kappa shape index (κ2) is 6.60. The van der Waals surface area contributed by atoms with Crippen LogP contribution in [-0.4, -0.2) is 69.2 Å². The molecule has 0 aromatic carbocycles. The maximum Gasteiger partial charge on any atom is 0.250 e. The summed E-state index contributed by atoms with van der Waals surface area (Å²) in [6.45, 7) is 4.50. The van der Waals surface area contributed by atoms with Crippen molar-refractivity contribution in [1.29, 1.82) is 0 Å². The van der Waals surface area contributed by atoms with Gasteiger partial charge in [-0.25, -0.2) is 0 Å². The van der Waals surface area contributed by atoms with Gasteiger partial charge in [-0.3, -0.25) is 9.48 Å². The fourth-order valence-corrected chi connectivity index (χ4v) is 4.30. The number of anilines is 2. The topological polar surface area (TPSA) is 105 Å². The summed E-state index contributed by atoms with van der Waals surface area (Å²) in [5.41, 5.74) is 5.05. The van der Waals surface area contributed by atoms with Crippen LogP contribution in [0.5, 0.6) is 0 Å². The highest BCUT2D eigenvalue weighted by atomic mass is 32.1. The first-order chi connectivity index (χ1) is 12.2. The Kier molecular flexibility index (Phi) is 4.30. The quantitative estimate of drug-likeness (QED) is 0.775. The van der Waals surface area contributed by atoms with Gasteiger partial charge < -0.3 is 20.9 Å². The van der Waals surface area contributed by atoms with Gasteiger partial charge in [0.15, 0.2) is 0 Å². The van der Waals surface area contributed by atoms with Crippen LogP contribution < -0.4 is 16.0 Å². The van der Waals surface area contributed by atoms with Crippen LogP contribution in [0.2, 0.25) is 0 Å². The maximum absolute atomic E-state index is 13.4. The lowest BCUT2D eigenvalue weighted by Crippen LogP contribution is -2.59. The van der Waals surface area contributed by atoms with Gasteiger partial charge in [0, 0.05) is 50.1 Å². The zero-order valence-corrected chi connectivity index (χ0v) is 14.8. The summed E-state index contributed by atoms with van der Waals surface area (Å²) in [6.07, 6.45) is 5.18. The van der Waals surface area contributed by atoms with E-state index >= 15 is 0 Å². The molecule has 0 unspecified atom stereocenters. The lowest BCUT2D eigenvalue weighted by molar-refractivity contribution is -0.143. The number of piperidine rings is 1. The molecule has 0 bridgehead atoms. The third kappa shape index (κ3) is 2.95. The number of nitrogens with zero attached hydrogens (tertiary/aromatic N) is 6. The molecule has 2 aliphatic heterocycles. The van der Waals surface area contributed by atoms with E-state index in [0.29, 0.717) is 19.0 Å². The molecule has 4 heterocycles. The van der Waals surface area contributed by atoms with E-state index in [9.17, 15) is 4.79 Å². The minimum atomic E-state index is -0.565. The van der Waals surface area contributed by atoms with Crippen molar-refractivity contribution in [2.75, 3.05) is 49.9 Å². The predicted octanol–water partition coefficient (Wildman–Crippen LogP) is -0.256. The standard InChI is InChI=1S/C15H22N8OS/c16-13-19-14(25-20-13)22-10-8-21(9-11-22)12(24)15(2-5-17-6-3-15)23-7-1-4-18-23/h1,4,7,17H,2-3,5-6,8-11H2,(H2,16,20). The number of piperazine rings is 1. The number of hydrogen-bond donors (Lipinski definition) is 2. The van der Waals surface area contributed by atoms with Crippen molar-refractivity contribution >= 4 is 28.5 Å². The first-order valence-corrected chi connectivity index (χ1v) is 9.31. The van der Waals surface area contributed by atoms with Crippen LogP contribution in [0.25, 0.3) is 0 Å². The van der Waals surface area contributed by atoms with Crippen molar-refractivity contribution in [3.05, 3.63) is 18.5 Å². The Balaban J connectivity index is 1.48. The number of amides is 1. The van der Waals surface area contributed by atoms with Crippen molar-refractivity contribution in [3.63, 3.8) is 0 Å². The minimum absolute atomic E-state index is 0.175. The van der Waals surface area contributed by atoms with Crippen molar-refractivity contribution in [2.45, 2.75) is 18.4 Å². The highest BCUT2D eigenvalue weighted by Gasteiger charge is 2.45. The van der Waals surface area contributed by atoms with E-state index in [2.05, 4.69) is 24.7 Å². The monoisotopic (exact) mass is 362 g/mol. The lowest BCUT2D eigenvalue weighted by Gasteiger charge is -2.43. The third-order valence-electron chi connectivity index (χ3n) is 5.04. The largest absolute Gasteiger partial charge is 0.367 e. The van der Waals surface area contributed by atoms with Crippen molar-refractivity contribution in [2.24, 2.45) is 0 Å². The SMILES string of the molecule is Nc1nsc(N2CCN(C(=O)C3(n4cccn4)CCNCC3)CC2)n1. The lowest BCUT2D eigenvalue weighted by atomic mass is 9.86. The summed E-state index contributed by atoms with van der Waals surface area (Å²) in [7, 11) is 0. The first-order valence-electron chi connectivity index (χ1n) is 8.53. The van der Waals surface area contributed by atoms with Crippen molar-refractivity contribution in [1.82, 2.24) is 29.4 Å². The molecule has 1 amide bonds. The van der Waals surface area contributed by atoms with Gasteiger partial charge in [0.2, 0.25) is 11.1 Å². The van der Waals surface area contributed by atoms with Crippen LogP contribution in [0.15, 0.2) is 18.5 Å². The second-order valence-corrected chi connectivity index (χ2v) is 7.18.